The average Bonchev–Trinajstić information content (AvgIpc) is 3.72. The highest BCUT2D eigenvalue weighted by Crippen LogP contribution is 2.56. The first-order valence-electron chi connectivity index (χ1n) is 18.5. The fourth-order valence-electron chi connectivity index (χ4n) is 9.19. The average molecular weight is 674 g/mol. The second-order valence-corrected chi connectivity index (χ2v) is 14.6. The summed E-state index contributed by atoms with van der Waals surface area (Å²) in [5.74, 6) is 0. The fourth-order valence-corrected chi connectivity index (χ4v) is 9.19. The third-order valence-electron chi connectivity index (χ3n) is 11.4. The summed E-state index contributed by atoms with van der Waals surface area (Å²) < 4.78 is 0. The van der Waals surface area contributed by atoms with E-state index in [1.807, 2.05) is 0 Å². The molecule has 0 aliphatic heterocycles. The van der Waals surface area contributed by atoms with Gasteiger partial charge in [0.15, 0.2) is 0 Å². The SMILES string of the molecule is Cc1ccc(N(c2ccc(C)cc2)c2ccc3c4c(-c5ccccc5)c5c6cccc7cccc(c5c(-c5ccccc5)c4c4cccc2c43)c76)cc1. The first-order chi connectivity index (χ1) is 26.2. The van der Waals surface area contributed by atoms with E-state index < -0.39 is 0 Å². The van der Waals surface area contributed by atoms with Crippen LogP contribution < -0.4 is 4.90 Å². The maximum absolute atomic E-state index is 2.43. The Balaban J connectivity index is 1.37. The van der Waals surface area contributed by atoms with Gasteiger partial charge in [0.25, 0.3) is 0 Å². The van der Waals surface area contributed by atoms with Gasteiger partial charge in [-0.15, -0.1) is 0 Å². The van der Waals surface area contributed by atoms with Gasteiger partial charge in [0.05, 0.1) is 5.69 Å². The molecule has 0 saturated carbocycles. The predicted octanol–water partition coefficient (Wildman–Crippen LogP) is 14.9. The number of rotatable bonds is 5. The lowest BCUT2D eigenvalue weighted by Crippen LogP contribution is -2.10. The highest BCUT2D eigenvalue weighted by Gasteiger charge is 2.28. The van der Waals surface area contributed by atoms with Crippen molar-refractivity contribution < 1.29 is 0 Å². The molecule has 0 aliphatic rings. The molecule has 0 radical (unpaired) electrons. The van der Waals surface area contributed by atoms with E-state index in [4.69, 9.17) is 0 Å². The molecule has 0 fully saturated rings. The van der Waals surface area contributed by atoms with Crippen molar-refractivity contribution >= 4 is 81.7 Å². The van der Waals surface area contributed by atoms with Gasteiger partial charge in [-0.2, -0.15) is 0 Å². The summed E-state index contributed by atoms with van der Waals surface area (Å²) in [4.78, 5) is 2.43. The number of aryl methyl sites for hydroxylation is 2. The molecule has 0 N–H and O–H groups in total. The molecule has 11 aromatic carbocycles. The summed E-state index contributed by atoms with van der Waals surface area (Å²) in [6.07, 6.45) is 0. The summed E-state index contributed by atoms with van der Waals surface area (Å²) in [5.41, 5.74) is 11.1. The summed E-state index contributed by atoms with van der Waals surface area (Å²) in [6.45, 7) is 4.31. The summed E-state index contributed by atoms with van der Waals surface area (Å²) in [5, 5.41) is 15.8. The van der Waals surface area contributed by atoms with E-state index in [9.17, 15) is 0 Å². The van der Waals surface area contributed by atoms with Gasteiger partial charge < -0.3 is 4.90 Å². The van der Waals surface area contributed by atoms with Crippen molar-refractivity contribution in [2.45, 2.75) is 13.8 Å². The van der Waals surface area contributed by atoms with Crippen LogP contribution in [0.4, 0.5) is 17.1 Å². The molecule has 0 aromatic heterocycles. The van der Waals surface area contributed by atoms with Gasteiger partial charge in [0, 0.05) is 16.8 Å². The topological polar surface area (TPSA) is 3.24 Å². The van der Waals surface area contributed by atoms with Crippen LogP contribution in [-0.4, -0.2) is 0 Å². The minimum Gasteiger partial charge on any atom is -0.310 e. The molecule has 0 aliphatic carbocycles. The molecule has 1 heteroatoms. The van der Waals surface area contributed by atoms with Gasteiger partial charge in [-0.25, -0.2) is 0 Å². The lowest BCUT2D eigenvalue weighted by atomic mass is 9.87. The van der Waals surface area contributed by atoms with Crippen LogP contribution in [0.2, 0.25) is 0 Å². The van der Waals surface area contributed by atoms with Gasteiger partial charge in [-0.05, 0) is 126 Å². The highest BCUT2D eigenvalue weighted by atomic mass is 15.1. The van der Waals surface area contributed by atoms with E-state index in [-0.39, 0.29) is 0 Å². The van der Waals surface area contributed by atoms with Crippen molar-refractivity contribution in [1.82, 2.24) is 0 Å². The molecule has 0 atom stereocenters. The smallest absolute Gasteiger partial charge is 0.0540 e. The fraction of sp³-hybridized carbons (Fsp3) is 0.0385. The summed E-state index contributed by atoms with van der Waals surface area (Å²) in [6, 6.07) is 65.4. The van der Waals surface area contributed by atoms with Crippen LogP contribution in [0, 0.1) is 13.8 Å². The van der Waals surface area contributed by atoms with Crippen molar-refractivity contribution in [1.29, 1.82) is 0 Å². The second-order valence-electron chi connectivity index (χ2n) is 14.6. The van der Waals surface area contributed by atoms with E-state index in [1.54, 1.807) is 0 Å². The Morgan fingerprint density at radius 3 is 1.21 bits per heavy atom. The third kappa shape index (κ3) is 4.31. The molecule has 0 spiro atoms. The third-order valence-corrected chi connectivity index (χ3v) is 11.4. The van der Waals surface area contributed by atoms with Gasteiger partial charge in [0.1, 0.15) is 0 Å². The molecule has 0 unspecified atom stereocenters. The monoisotopic (exact) mass is 673 g/mol. The molecule has 0 saturated heterocycles. The van der Waals surface area contributed by atoms with Crippen LogP contribution >= 0.6 is 0 Å². The molecule has 11 aromatic rings. The van der Waals surface area contributed by atoms with E-state index in [0.29, 0.717) is 0 Å². The number of anilines is 3. The highest BCUT2D eigenvalue weighted by molar-refractivity contribution is 6.46. The molecule has 53 heavy (non-hydrogen) atoms. The maximum Gasteiger partial charge on any atom is 0.0540 e. The normalized spacial score (nSPS) is 12.0. The minimum atomic E-state index is 1.15. The van der Waals surface area contributed by atoms with Gasteiger partial charge in [0.2, 0.25) is 0 Å². The Bertz CT molecular complexity index is 2970. The number of nitrogens with zero attached hydrogens (tertiary/aromatic N) is 1. The quantitative estimate of drug-likeness (QED) is 0.176. The zero-order valence-electron chi connectivity index (χ0n) is 29.7. The Hall–Kier alpha value is -6.70. The van der Waals surface area contributed by atoms with Crippen LogP contribution in [0.25, 0.3) is 86.9 Å². The first kappa shape index (κ1) is 30.0. The summed E-state index contributed by atoms with van der Waals surface area (Å²) in [7, 11) is 0. The first-order valence-corrected chi connectivity index (χ1v) is 18.5. The number of hydrogen-bond donors (Lipinski definition) is 0. The largest absolute Gasteiger partial charge is 0.310 e. The van der Waals surface area contributed by atoms with E-state index in [1.165, 1.54) is 104 Å². The predicted molar refractivity (Wildman–Crippen MR) is 229 cm³/mol. The molecule has 248 valence electrons. The molecule has 1 nitrogen and oxygen atoms in total. The number of fused-ring (bicyclic) bond motifs is 6. The number of benzene rings is 9. The summed E-state index contributed by atoms with van der Waals surface area (Å²) >= 11 is 0. The van der Waals surface area contributed by atoms with Crippen molar-refractivity contribution in [3.63, 3.8) is 0 Å². The van der Waals surface area contributed by atoms with E-state index in [0.717, 1.165) is 11.4 Å². The Morgan fingerprint density at radius 2 is 0.717 bits per heavy atom. The molecule has 11 rings (SSSR count). The van der Waals surface area contributed by atoms with Crippen molar-refractivity contribution in [2.24, 2.45) is 0 Å². The van der Waals surface area contributed by atoms with Crippen LogP contribution in [0.1, 0.15) is 11.1 Å². The van der Waals surface area contributed by atoms with Gasteiger partial charge in [-0.3, -0.25) is 0 Å². The van der Waals surface area contributed by atoms with Crippen molar-refractivity contribution in [2.75, 3.05) is 4.90 Å². The molecule has 0 amide bonds. The molecule has 0 bridgehead atoms. The lowest BCUT2D eigenvalue weighted by molar-refractivity contribution is 1.28. The van der Waals surface area contributed by atoms with Gasteiger partial charge >= 0.3 is 0 Å². The van der Waals surface area contributed by atoms with Gasteiger partial charge in [-0.1, -0.05) is 157 Å². The van der Waals surface area contributed by atoms with Crippen LogP contribution in [0.3, 0.4) is 0 Å². The van der Waals surface area contributed by atoms with Crippen LogP contribution in [0.5, 0.6) is 0 Å². The van der Waals surface area contributed by atoms with Crippen LogP contribution in [-0.2, 0) is 0 Å². The van der Waals surface area contributed by atoms with E-state index in [2.05, 4.69) is 195 Å². The number of hydrogen-bond acceptors (Lipinski definition) is 1. The Kier molecular flexibility index (Phi) is 6.45. The second kappa shape index (κ2) is 11.4. The Labute approximate surface area is 308 Å². The minimum absolute atomic E-state index is 1.15. The molecular formula is C52H35N. The lowest BCUT2D eigenvalue weighted by Gasteiger charge is -2.27. The zero-order valence-corrected chi connectivity index (χ0v) is 29.7. The molecular weight excluding hydrogens is 639 g/mol. The van der Waals surface area contributed by atoms with Crippen LogP contribution in [0.15, 0.2) is 176 Å². The van der Waals surface area contributed by atoms with Crippen molar-refractivity contribution in [3.8, 4) is 22.3 Å². The van der Waals surface area contributed by atoms with E-state index >= 15 is 0 Å². The molecule has 0 heterocycles. The Morgan fingerprint density at radius 1 is 0.302 bits per heavy atom. The standard InChI is InChI=1S/C52H35N/c1-32-22-26-37(27-23-32)53(38-28-24-33(2)25-29-38)44-31-30-43-48-39(44)18-11-21-42(48)51-46(35-12-5-3-6-13-35)49-40-19-9-16-34-17-10-20-41(45(34)40)50(49)47(52(43)51)36-14-7-4-8-15-36/h3-31H,1-2H3. The van der Waals surface area contributed by atoms with Crippen molar-refractivity contribution in [3.05, 3.63) is 187 Å². The maximum atomic E-state index is 2.43. The zero-order chi connectivity index (χ0) is 35.2.